The van der Waals surface area contributed by atoms with Gasteiger partial charge in [0, 0.05) is 17.5 Å². The van der Waals surface area contributed by atoms with Gasteiger partial charge >= 0.3 is 11.9 Å². The van der Waals surface area contributed by atoms with E-state index in [0.717, 1.165) is 10.9 Å². The van der Waals surface area contributed by atoms with Crippen molar-refractivity contribution < 1.29 is 24.2 Å². The molecule has 0 spiro atoms. The zero-order valence-electron chi connectivity index (χ0n) is 16.1. The largest absolute Gasteiger partial charge is 0.478 e. The van der Waals surface area contributed by atoms with Crippen LogP contribution >= 0.6 is 15.9 Å². The van der Waals surface area contributed by atoms with Crippen LogP contribution in [0.25, 0.3) is 22.3 Å². The Kier molecular flexibility index (Phi) is 4.95. The summed E-state index contributed by atoms with van der Waals surface area (Å²) in [7, 11) is 0. The number of carboxylic acids is 2. The highest BCUT2D eigenvalue weighted by Crippen LogP contribution is 2.39. The van der Waals surface area contributed by atoms with E-state index in [1.807, 2.05) is 12.1 Å². The summed E-state index contributed by atoms with van der Waals surface area (Å²) in [6.45, 7) is 3.78. The number of carboxylic acid groups (broad SMARTS) is 2. The lowest BCUT2D eigenvalue weighted by atomic mass is 10.0. The summed E-state index contributed by atoms with van der Waals surface area (Å²) < 4.78 is 8.25. The van der Waals surface area contributed by atoms with Crippen LogP contribution in [0.4, 0.5) is 0 Å². The molecule has 0 saturated heterocycles. The Morgan fingerprint density at radius 2 is 1.83 bits per heavy atom. The normalized spacial score (nSPS) is 11.2. The molecule has 0 fully saturated rings. The van der Waals surface area contributed by atoms with Crippen molar-refractivity contribution in [3.8, 4) is 11.3 Å². The van der Waals surface area contributed by atoms with Gasteiger partial charge in [-0.25, -0.2) is 14.6 Å². The van der Waals surface area contributed by atoms with Crippen molar-refractivity contribution in [1.82, 2.24) is 9.55 Å². The van der Waals surface area contributed by atoms with Crippen LogP contribution in [0.15, 0.2) is 51.4 Å². The van der Waals surface area contributed by atoms with Gasteiger partial charge in [0.1, 0.15) is 17.2 Å². The summed E-state index contributed by atoms with van der Waals surface area (Å²) in [5, 5.41) is 19.8. The number of hydrogen-bond donors (Lipinski definition) is 2. The minimum absolute atomic E-state index is 0.146. The molecule has 2 heterocycles. The first-order valence-corrected chi connectivity index (χ1v) is 9.88. The second-order valence-corrected chi connectivity index (χ2v) is 7.70. The molecule has 0 aliphatic rings. The van der Waals surface area contributed by atoms with Crippen LogP contribution in [0.5, 0.6) is 0 Å². The Morgan fingerprint density at radius 1 is 1.10 bits per heavy atom. The van der Waals surface area contributed by atoms with Gasteiger partial charge in [0.2, 0.25) is 0 Å². The Labute approximate surface area is 179 Å². The van der Waals surface area contributed by atoms with Crippen molar-refractivity contribution >= 4 is 38.8 Å². The maximum absolute atomic E-state index is 11.6. The van der Waals surface area contributed by atoms with E-state index in [9.17, 15) is 19.8 Å². The molecule has 4 rings (SSSR count). The lowest BCUT2D eigenvalue weighted by molar-refractivity contribution is 0.0678. The zero-order chi connectivity index (χ0) is 21.6. The number of halogens is 1. The lowest BCUT2D eigenvalue weighted by Gasteiger charge is -2.08. The molecule has 0 aliphatic heterocycles. The molecule has 4 aromatic rings. The Morgan fingerprint density at radius 3 is 2.53 bits per heavy atom. The van der Waals surface area contributed by atoms with Crippen LogP contribution < -0.4 is 0 Å². The first-order valence-electron chi connectivity index (χ1n) is 9.08. The van der Waals surface area contributed by atoms with Crippen molar-refractivity contribution in [3.63, 3.8) is 0 Å². The predicted octanol–water partition coefficient (Wildman–Crippen LogP) is 5.12. The number of nitrogens with zero attached hydrogens (tertiary/aromatic N) is 2. The number of aromatic nitrogens is 2. The Hall–Kier alpha value is -3.39. The highest BCUT2D eigenvalue weighted by Gasteiger charge is 2.21. The van der Waals surface area contributed by atoms with Gasteiger partial charge in [0.05, 0.1) is 15.7 Å². The highest BCUT2D eigenvalue weighted by molar-refractivity contribution is 9.10. The third-order valence-electron chi connectivity index (χ3n) is 4.97. The average Bonchev–Trinajstić information content (AvgIpc) is 3.17. The zero-order valence-corrected chi connectivity index (χ0v) is 17.7. The van der Waals surface area contributed by atoms with E-state index in [4.69, 9.17) is 4.42 Å². The summed E-state index contributed by atoms with van der Waals surface area (Å²) in [6.07, 6.45) is 0. The van der Waals surface area contributed by atoms with E-state index < -0.39 is 11.9 Å². The van der Waals surface area contributed by atoms with Gasteiger partial charge < -0.3 is 19.2 Å². The topological polar surface area (TPSA) is 106 Å². The van der Waals surface area contributed by atoms with Crippen molar-refractivity contribution in [2.24, 2.45) is 0 Å². The number of fused-ring (bicyclic) bond motifs is 1. The minimum atomic E-state index is -1.04. The number of imidazole rings is 1. The number of furan rings is 1. The predicted molar refractivity (Wildman–Crippen MR) is 114 cm³/mol. The molecule has 8 heteroatoms. The second kappa shape index (κ2) is 7.46. The molecule has 0 aliphatic carbocycles. The van der Waals surface area contributed by atoms with Crippen LogP contribution in [-0.2, 0) is 6.54 Å². The van der Waals surface area contributed by atoms with E-state index in [-0.39, 0.29) is 11.3 Å². The summed E-state index contributed by atoms with van der Waals surface area (Å²) in [5.41, 5.74) is 2.72. The van der Waals surface area contributed by atoms with Crippen LogP contribution in [0, 0.1) is 13.8 Å². The monoisotopic (exact) mass is 468 g/mol. The molecule has 0 atom stereocenters. The van der Waals surface area contributed by atoms with E-state index in [0.29, 0.717) is 39.4 Å². The molecule has 2 aromatic heterocycles. The average molecular weight is 469 g/mol. The fourth-order valence-corrected chi connectivity index (χ4v) is 4.22. The van der Waals surface area contributed by atoms with E-state index in [1.54, 1.807) is 42.7 Å². The van der Waals surface area contributed by atoms with Gasteiger partial charge in [-0.2, -0.15) is 0 Å². The van der Waals surface area contributed by atoms with E-state index >= 15 is 0 Å². The van der Waals surface area contributed by atoms with Gasteiger partial charge in [0.15, 0.2) is 5.69 Å². The number of benzene rings is 2. The first kappa shape index (κ1) is 19.9. The van der Waals surface area contributed by atoms with Gasteiger partial charge in [0.25, 0.3) is 0 Å². The minimum Gasteiger partial charge on any atom is -0.478 e. The van der Waals surface area contributed by atoms with E-state index in [2.05, 4.69) is 20.9 Å². The van der Waals surface area contributed by atoms with Crippen molar-refractivity contribution in [2.75, 3.05) is 0 Å². The number of aryl methyl sites for hydroxylation is 2. The first-order chi connectivity index (χ1) is 14.3. The second-order valence-electron chi connectivity index (χ2n) is 6.91. The molecule has 7 nitrogen and oxygen atoms in total. The number of carbonyl (C=O) groups is 2. The Bertz CT molecular complexity index is 1320. The van der Waals surface area contributed by atoms with Gasteiger partial charge in [-0.3, -0.25) is 0 Å². The molecule has 0 radical (unpaired) electrons. The third kappa shape index (κ3) is 3.29. The highest BCUT2D eigenvalue weighted by atomic mass is 79.9. The molecule has 30 heavy (non-hydrogen) atoms. The summed E-state index contributed by atoms with van der Waals surface area (Å²) in [4.78, 5) is 27.5. The molecular formula is C22H17BrN2O5. The summed E-state index contributed by atoms with van der Waals surface area (Å²) in [5.74, 6) is -1.01. The third-order valence-corrected chi connectivity index (χ3v) is 5.76. The molecule has 0 saturated carbocycles. The molecule has 0 unspecified atom stereocenters. The quantitative estimate of drug-likeness (QED) is 0.420. The molecule has 0 bridgehead atoms. The molecular weight excluding hydrogens is 452 g/mol. The van der Waals surface area contributed by atoms with Gasteiger partial charge in [-0.15, -0.1) is 0 Å². The Balaban J connectivity index is 1.80. The number of hydrogen-bond acceptors (Lipinski definition) is 4. The van der Waals surface area contributed by atoms with Crippen LogP contribution in [0.2, 0.25) is 0 Å². The van der Waals surface area contributed by atoms with Crippen molar-refractivity contribution in [3.05, 3.63) is 75.3 Å². The lowest BCUT2D eigenvalue weighted by Crippen LogP contribution is -2.11. The SMILES string of the molecule is Cc1nc(C)n(Cc2ccc3oc(-c4ccccc4C(=O)O)c(Br)c3c2)c1C(=O)O. The molecule has 152 valence electrons. The van der Waals surface area contributed by atoms with Crippen LogP contribution in [0.3, 0.4) is 0 Å². The summed E-state index contributed by atoms with van der Waals surface area (Å²) >= 11 is 3.55. The van der Waals surface area contributed by atoms with Crippen molar-refractivity contribution in [2.45, 2.75) is 20.4 Å². The number of aromatic carboxylic acids is 2. The number of rotatable bonds is 5. The smallest absolute Gasteiger partial charge is 0.354 e. The standard InChI is InChI=1S/C22H17BrN2O5/c1-11-19(22(28)29)25(12(2)24-11)10-13-7-8-17-16(9-13)18(23)20(30-17)14-5-3-4-6-15(14)21(26)27/h3-9H,10H2,1-2H3,(H,26,27)(H,28,29). The molecule has 0 amide bonds. The fraction of sp³-hybridized carbons (Fsp3) is 0.136. The van der Waals surface area contributed by atoms with Gasteiger partial charge in [-0.1, -0.05) is 24.3 Å². The van der Waals surface area contributed by atoms with Crippen LogP contribution in [0.1, 0.15) is 37.9 Å². The van der Waals surface area contributed by atoms with Crippen molar-refractivity contribution in [1.29, 1.82) is 0 Å². The van der Waals surface area contributed by atoms with Crippen LogP contribution in [-0.4, -0.2) is 31.7 Å². The molecule has 2 N–H and O–H groups in total. The fourth-order valence-electron chi connectivity index (χ4n) is 3.61. The maximum Gasteiger partial charge on any atom is 0.354 e. The summed E-state index contributed by atoms with van der Waals surface area (Å²) in [6, 6.07) is 12.2. The van der Waals surface area contributed by atoms with E-state index in [1.165, 1.54) is 6.07 Å². The van der Waals surface area contributed by atoms with Gasteiger partial charge in [-0.05, 0) is 53.5 Å². The maximum atomic E-state index is 11.6. The molecule has 2 aromatic carbocycles.